The minimum atomic E-state index is -0.918. The van der Waals surface area contributed by atoms with E-state index >= 15 is 0 Å². The Bertz CT molecular complexity index is 675. The van der Waals surface area contributed by atoms with Gasteiger partial charge in [-0.15, -0.1) is 11.6 Å². The quantitative estimate of drug-likeness (QED) is 0.703. The van der Waals surface area contributed by atoms with Gasteiger partial charge in [-0.3, -0.25) is 9.59 Å². The van der Waals surface area contributed by atoms with Gasteiger partial charge in [0, 0.05) is 30.6 Å². The van der Waals surface area contributed by atoms with Gasteiger partial charge in [0.25, 0.3) is 5.91 Å². The highest BCUT2D eigenvalue weighted by Crippen LogP contribution is 2.37. The summed E-state index contributed by atoms with van der Waals surface area (Å²) >= 11 is 6.26. The van der Waals surface area contributed by atoms with Crippen molar-refractivity contribution in [2.75, 3.05) is 26.2 Å². The van der Waals surface area contributed by atoms with Crippen LogP contribution in [0.2, 0.25) is 0 Å². The first-order chi connectivity index (χ1) is 13.8. The van der Waals surface area contributed by atoms with Gasteiger partial charge in [0.05, 0.1) is 6.54 Å². The first-order valence-corrected chi connectivity index (χ1v) is 11.5. The second-order valence-corrected chi connectivity index (χ2v) is 10.2. The van der Waals surface area contributed by atoms with Crippen LogP contribution in [0.25, 0.3) is 0 Å². The van der Waals surface area contributed by atoms with E-state index in [4.69, 9.17) is 11.6 Å². The van der Waals surface area contributed by atoms with Crippen LogP contribution in [0.3, 0.4) is 0 Å². The Morgan fingerprint density at radius 3 is 2.48 bits per heavy atom. The number of nitrogens with zero attached hydrogens (tertiary/aromatic N) is 3. The number of alkyl halides is 1. The third-order valence-electron chi connectivity index (χ3n) is 7.06. The van der Waals surface area contributed by atoms with Gasteiger partial charge >= 0.3 is 6.03 Å². The van der Waals surface area contributed by atoms with Gasteiger partial charge in [0.15, 0.2) is 0 Å². The van der Waals surface area contributed by atoms with Crippen molar-refractivity contribution in [1.29, 1.82) is 0 Å². The zero-order valence-electron chi connectivity index (χ0n) is 17.5. The number of urea groups is 1. The smallest absolute Gasteiger partial charge is 0.317 e. The summed E-state index contributed by atoms with van der Waals surface area (Å²) in [7, 11) is 0. The molecule has 2 heterocycles. The first-order valence-electron chi connectivity index (χ1n) is 11.1. The maximum Gasteiger partial charge on any atom is 0.317 e. The fourth-order valence-corrected chi connectivity index (χ4v) is 5.29. The van der Waals surface area contributed by atoms with E-state index in [9.17, 15) is 14.4 Å². The van der Waals surface area contributed by atoms with E-state index in [0.29, 0.717) is 32.0 Å². The molecule has 1 spiro atoms. The van der Waals surface area contributed by atoms with Gasteiger partial charge < -0.3 is 20.0 Å². The predicted octanol–water partition coefficient (Wildman–Crippen LogP) is 2.18. The molecule has 0 aromatic carbocycles. The van der Waals surface area contributed by atoms with Gasteiger partial charge in [-0.1, -0.05) is 0 Å². The summed E-state index contributed by atoms with van der Waals surface area (Å²) in [4.78, 5) is 44.7. The summed E-state index contributed by atoms with van der Waals surface area (Å²) in [5.41, 5.74) is -0.918. The van der Waals surface area contributed by atoms with Crippen molar-refractivity contribution in [3.05, 3.63) is 0 Å². The average molecular weight is 425 g/mol. The Morgan fingerprint density at radius 1 is 1.17 bits per heavy atom. The largest absolute Gasteiger partial charge is 0.335 e. The number of rotatable bonds is 4. The lowest BCUT2D eigenvalue weighted by molar-refractivity contribution is -0.167. The number of nitrogens with one attached hydrogen (secondary N) is 1. The van der Waals surface area contributed by atoms with E-state index in [-0.39, 0.29) is 41.9 Å². The zero-order valence-corrected chi connectivity index (χ0v) is 18.3. The Kier molecular flexibility index (Phi) is 5.70. The van der Waals surface area contributed by atoms with Crippen LogP contribution in [0.4, 0.5) is 4.79 Å². The molecule has 0 bridgehead atoms. The Balaban J connectivity index is 1.55. The van der Waals surface area contributed by atoms with Gasteiger partial charge in [0.2, 0.25) is 5.91 Å². The van der Waals surface area contributed by atoms with Crippen molar-refractivity contribution in [1.82, 2.24) is 20.0 Å². The Morgan fingerprint density at radius 2 is 1.86 bits per heavy atom. The molecule has 2 aliphatic carbocycles. The lowest BCUT2D eigenvalue weighted by Crippen LogP contribution is -2.71. The highest BCUT2D eigenvalue weighted by Gasteiger charge is 2.57. The summed E-state index contributed by atoms with van der Waals surface area (Å²) in [6.45, 7) is 5.43. The van der Waals surface area contributed by atoms with Crippen LogP contribution >= 0.6 is 11.6 Å². The topological polar surface area (TPSA) is 73.0 Å². The summed E-state index contributed by atoms with van der Waals surface area (Å²) in [6, 6.07) is 0.136. The molecule has 7 nitrogen and oxygen atoms in total. The van der Waals surface area contributed by atoms with E-state index in [1.165, 1.54) is 0 Å². The third kappa shape index (κ3) is 4.07. The normalized spacial score (nSPS) is 33.2. The summed E-state index contributed by atoms with van der Waals surface area (Å²) in [6.07, 6.45) is 6.47. The third-order valence-corrected chi connectivity index (χ3v) is 7.50. The van der Waals surface area contributed by atoms with Crippen molar-refractivity contribution < 1.29 is 14.4 Å². The number of hydrogen-bond acceptors (Lipinski definition) is 3. The Labute approximate surface area is 178 Å². The molecule has 0 aromatic rings. The molecule has 1 unspecified atom stereocenters. The molecule has 1 atom stereocenters. The number of carbonyl (C=O) groups excluding carboxylic acids is 3. The molecule has 4 rings (SSSR count). The van der Waals surface area contributed by atoms with E-state index in [0.717, 1.165) is 38.5 Å². The molecular formula is C21H33ClN4O3. The molecule has 8 heteroatoms. The molecule has 2 saturated carbocycles. The first kappa shape index (κ1) is 20.8. The SMILES string of the molecule is CC(C)N1CC(=O)N(CC2CCC(Cl)CC2)C2(CCN(C(=O)NC3CC3)C2)C1=O. The number of halogens is 1. The van der Waals surface area contributed by atoms with Crippen LogP contribution in [0.5, 0.6) is 0 Å². The highest BCUT2D eigenvalue weighted by molar-refractivity contribution is 6.20. The fourth-order valence-electron chi connectivity index (χ4n) is 5.04. The zero-order chi connectivity index (χ0) is 20.8. The maximum atomic E-state index is 13.6. The van der Waals surface area contributed by atoms with Crippen LogP contribution in [0.1, 0.15) is 58.8 Å². The molecule has 0 radical (unpaired) electrons. The molecule has 2 saturated heterocycles. The molecule has 2 aliphatic heterocycles. The maximum absolute atomic E-state index is 13.6. The monoisotopic (exact) mass is 424 g/mol. The summed E-state index contributed by atoms with van der Waals surface area (Å²) in [5.74, 6) is 0.383. The van der Waals surface area contributed by atoms with E-state index < -0.39 is 5.54 Å². The van der Waals surface area contributed by atoms with Crippen molar-refractivity contribution >= 4 is 29.4 Å². The number of piperazine rings is 1. The summed E-state index contributed by atoms with van der Waals surface area (Å²) < 4.78 is 0. The van der Waals surface area contributed by atoms with E-state index in [1.54, 1.807) is 9.80 Å². The van der Waals surface area contributed by atoms with Crippen LogP contribution in [-0.2, 0) is 9.59 Å². The molecule has 162 valence electrons. The van der Waals surface area contributed by atoms with E-state index in [1.807, 2.05) is 18.7 Å². The van der Waals surface area contributed by atoms with Crippen molar-refractivity contribution in [2.45, 2.75) is 81.8 Å². The lowest BCUT2D eigenvalue weighted by atomic mass is 9.84. The minimum absolute atomic E-state index is 0.000138. The number of amides is 4. The van der Waals surface area contributed by atoms with Crippen molar-refractivity contribution in [3.63, 3.8) is 0 Å². The molecule has 4 fully saturated rings. The molecule has 29 heavy (non-hydrogen) atoms. The Hall–Kier alpha value is -1.50. The molecule has 0 aromatic heterocycles. The van der Waals surface area contributed by atoms with Crippen molar-refractivity contribution in [2.24, 2.45) is 5.92 Å². The average Bonchev–Trinajstić information content (AvgIpc) is 3.38. The second kappa shape index (κ2) is 7.97. The lowest BCUT2D eigenvalue weighted by Gasteiger charge is -2.49. The fraction of sp³-hybridized carbons (Fsp3) is 0.857. The molecule has 4 aliphatic rings. The molecule has 1 N–H and O–H groups in total. The summed E-state index contributed by atoms with van der Waals surface area (Å²) in [5, 5.41) is 3.25. The number of carbonyl (C=O) groups is 3. The minimum Gasteiger partial charge on any atom is -0.335 e. The van der Waals surface area contributed by atoms with Gasteiger partial charge in [-0.05, 0) is 64.7 Å². The van der Waals surface area contributed by atoms with Crippen LogP contribution in [-0.4, -0.2) is 81.7 Å². The van der Waals surface area contributed by atoms with Gasteiger partial charge in [-0.2, -0.15) is 0 Å². The standard InChI is InChI=1S/C21H33ClN4O3/c1-14(2)25-12-18(27)26(11-15-3-5-16(22)6-4-15)21(19(25)28)9-10-24(13-21)20(29)23-17-7-8-17/h14-17H,3-13H2,1-2H3,(H,23,29). The number of hydrogen-bond donors (Lipinski definition) is 1. The van der Waals surface area contributed by atoms with Gasteiger partial charge in [0.1, 0.15) is 12.1 Å². The van der Waals surface area contributed by atoms with Gasteiger partial charge in [-0.25, -0.2) is 4.79 Å². The predicted molar refractivity (Wildman–Crippen MR) is 111 cm³/mol. The number of likely N-dealkylation sites (tertiary alicyclic amines) is 1. The van der Waals surface area contributed by atoms with Crippen LogP contribution in [0.15, 0.2) is 0 Å². The van der Waals surface area contributed by atoms with E-state index in [2.05, 4.69) is 5.32 Å². The second-order valence-electron chi connectivity index (χ2n) is 9.58. The van der Waals surface area contributed by atoms with Crippen LogP contribution < -0.4 is 5.32 Å². The van der Waals surface area contributed by atoms with Crippen LogP contribution in [0, 0.1) is 5.92 Å². The highest BCUT2D eigenvalue weighted by atomic mass is 35.5. The molecule has 4 amide bonds. The van der Waals surface area contributed by atoms with Crippen molar-refractivity contribution in [3.8, 4) is 0 Å². The molecular weight excluding hydrogens is 392 g/mol.